The van der Waals surface area contributed by atoms with Gasteiger partial charge in [0.1, 0.15) is 5.75 Å². The molecule has 0 atom stereocenters. The van der Waals surface area contributed by atoms with E-state index >= 15 is 0 Å². The zero-order chi connectivity index (χ0) is 22.9. The highest BCUT2D eigenvalue weighted by Crippen LogP contribution is 2.29. The van der Waals surface area contributed by atoms with Crippen LogP contribution in [0.3, 0.4) is 0 Å². The average Bonchev–Trinajstić information content (AvgIpc) is 3.23. The Morgan fingerprint density at radius 3 is 2.34 bits per heavy atom. The van der Waals surface area contributed by atoms with Gasteiger partial charge >= 0.3 is 5.97 Å². The molecular formula is C23H24N2O6S. The van der Waals surface area contributed by atoms with E-state index in [-0.39, 0.29) is 21.8 Å². The predicted octanol–water partition coefficient (Wildman–Crippen LogP) is 3.30. The fraction of sp³-hybridized carbons (Fsp3) is 0.304. The summed E-state index contributed by atoms with van der Waals surface area (Å²) in [5, 5.41) is 0.559. The van der Waals surface area contributed by atoms with Crippen molar-refractivity contribution in [2.75, 3.05) is 27.3 Å². The van der Waals surface area contributed by atoms with E-state index in [1.165, 1.54) is 47.5 Å². The minimum Gasteiger partial charge on any atom is -0.496 e. The first-order valence-corrected chi connectivity index (χ1v) is 11.7. The highest BCUT2D eigenvalue weighted by Gasteiger charge is 2.28. The number of piperidine rings is 1. The summed E-state index contributed by atoms with van der Waals surface area (Å²) in [6.07, 6.45) is 4.03. The lowest BCUT2D eigenvalue weighted by Crippen LogP contribution is -2.35. The fourth-order valence-corrected chi connectivity index (χ4v) is 5.56. The molecule has 1 aliphatic heterocycles. The number of rotatable bonds is 5. The van der Waals surface area contributed by atoms with E-state index in [1.807, 2.05) is 0 Å². The molecule has 0 bridgehead atoms. The van der Waals surface area contributed by atoms with Crippen molar-refractivity contribution in [3.05, 3.63) is 59.8 Å². The Labute approximate surface area is 186 Å². The summed E-state index contributed by atoms with van der Waals surface area (Å²) in [7, 11) is -1.05. The molecule has 168 valence electrons. The van der Waals surface area contributed by atoms with Crippen LogP contribution in [0, 0.1) is 0 Å². The Balaban J connectivity index is 1.82. The molecule has 0 amide bonds. The molecule has 1 saturated heterocycles. The number of hydrogen-bond acceptors (Lipinski definition) is 6. The third-order valence-corrected chi connectivity index (χ3v) is 7.58. The molecule has 0 unspecified atom stereocenters. The summed E-state index contributed by atoms with van der Waals surface area (Å²) in [6, 6.07) is 11.2. The van der Waals surface area contributed by atoms with E-state index < -0.39 is 21.9 Å². The Morgan fingerprint density at radius 2 is 1.66 bits per heavy atom. The van der Waals surface area contributed by atoms with Gasteiger partial charge in [-0.2, -0.15) is 4.31 Å². The highest BCUT2D eigenvalue weighted by molar-refractivity contribution is 7.89. The SMILES string of the molecule is COC(=O)c1cn(C(=O)c2cc(S(=O)(=O)N3CCCCC3)ccc2OC)c2ccccc12. The number of hydrogen-bond donors (Lipinski definition) is 0. The van der Waals surface area contributed by atoms with Crippen LogP contribution in [-0.4, -0.2) is 56.5 Å². The second kappa shape index (κ2) is 8.76. The smallest absolute Gasteiger partial charge is 0.340 e. The molecule has 0 aliphatic carbocycles. The van der Waals surface area contributed by atoms with Gasteiger partial charge in [-0.15, -0.1) is 0 Å². The van der Waals surface area contributed by atoms with Gasteiger partial charge in [0.25, 0.3) is 5.91 Å². The van der Waals surface area contributed by atoms with Crippen molar-refractivity contribution in [3.63, 3.8) is 0 Å². The second-order valence-electron chi connectivity index (χ2n) is 7.55. The van der Waals surface area contributed by atoms with Crippen molar-refractivity contribution in [1.82, 2.24) is 8.87 Å². The summed E-state index contributed by atoms with van der Waals surface area (Å²) in [4.78, 5) is 25.8. The fourth-order valence-electron chi connectivity index (χ4n) is 4.02. The van der Waals surface area contributed by atoms with Crippen LogP contribution in [0.1, 0.15) is 40.0 Å². The van der Waals surface area contributed by atoms with Crippen LogP contribution in [0.15, 0.2) is 53.6 Å². The Hall–Kier alpha value is -3.17. The van der Waals surface area contributed by atoms with Gasteiger partial charge in [0, 0.05) is 24.7 Å². The van der Waals surface area contributed by atoms with Crippen LogP contribution >= 0.6 is 0 Å². The normalized spacial score (nSPS) is 14.9. The number of sulfonamides is 1. The van der Waals surface area contributed by atoms with Crippen molar-refractivity contribution in [1.29, 1.82) is 0 Å². The number of methoxy groups -OCH3 is 2. The zero-order valence-corrected chi connectivity index (χ0v) is 18.7. The molecule has 3 aromatic rings. The predicted molar refractivity (Wildman–Crippen MR) is 119 cm³/mol. The molecule has 0 spiro atoms. The molecular weight excluding hydrogens is 432 g/mol. The van der Waals surface area contributed by atoms with Gasteiger partial charge in [-0.3, -0.25) is 9.36 Å². The van der Waals surface area contributed by atoms with Crippen LogP contribution in [0.4, 0.5) is 0 Å². The number of carbonyl (C=O) groups excluding carboxylic acids is 2. The van der Waals surface area contributed by atoms with Crippen LogP contribution in [-0.2, 0) is 14.8 Å². The molecule has 8 nitrogen and oxygen atoms in total. The number of benzene rings is 2. The third kappa shape index (κ3) is 3.78. The standard InChI is InChI=1S/C23H24N2O6S/c1-30-21-11-10-16(32(28,29)24-12-6-3-7-13-24)14-18(21)22(26)25-15-19(23(27)31-2)17-8-4-5-9-20(17)25/h4-5,8-11,14-15H,3,6-7,12-13H2,1-2H3. The minimum absolute atomic E-state index is 0.0354. The van der Waals surface area contributed by atoms with E-state index in [4.69, 9.17) is 9.47 Å². The van der Waals surface area contributed by atoms with Crippen molar-refractivity contribution >= 4 is 32.8 Å². The second-order valence-corrected chi connectivity index (χ2v) is 9.49. The molecule has 1 aromatic heterocycles. The molecule has 0 N–H and O–H groups in total. The van der Waals surface area contributed by atoms with E-state index in [0.29, 0.717) is 24.0 Å². The van der Waals surface area contributed by atoms with E-state index in [1.54, 1.807) is 24.3 Å². The third-order valence-electron chi connectivity index (χ3n) is 5.69. The average molecular weight is 457 g/mol. The molecule has 2 heterocycles. The van der Waals surface area contributed by atoms with E-state index in [0.717, 1.165) is 19.3 Å². The number of ether oxygens (including phenoxy) is 2. The summed E-state index contributed by atoms with van der Waals surface area (Å²) in [6.45, 7) is 0.921. The van der Waals surface area contributed by atoms with Crippen LogP contribution in [0.25, 0.3) is 10.9 Å². The first-order chi connectivity index (χ1) is 15.4. The monoisotopic (exact) mass is 456 g/mol. The summed E-state index contributed by atoms with van der Waals surface area (Å²) in [5.41, 5.74) is 0.833. The van der Waals surface area contributed by atoms with Gasteiger partial charge in [0.05, 0.1) is 35.8 Å². The van der Waals surface area contributed by atoms with Crippen LogP contribution in [0.2, 0.25) is 0 Å². The lowest BCUT2D eigenvalue weighted by atomic mass is 10.1. The Kier molecular flexibility index (Phi) is 6.03. The van der Waals surface area contributed by atoms with E-state index in [9.17, 15) is 18.0 Å². The van der Waals surface area contributed by atoms with Gasteiger partial charge in [0.2, 0.25) is 10.0 Å². The highest BCUT2D eigenvalue weighted by atomic mass is 32.2. The van der Waals surface area contributed by atoms with Gasteiger partial charge < -0.3 is 9.47 Å². The Bertz CT molecular complexity index is 1290. The largest absolute Gasteiger partial charge is 0.496 e. The summed E-state index contributed by atoms with van der Waals surface area (Å²) < 4.78 is 39.3. The number of carbonyl (C=O) groups is 2. The van der Waals surface area contributed by atoms with Crippen molar-refractivity contribution in [2.24, 2.45) is 0 Å². The number of aromatic nitrogens is 1. The number of para-hydroxylation sites is 1. The maximum Gasteiger partial charge on any atom is 0.340 e. The van der Waals surface area contributed by atoms with Crippen molar-refractivity contribution in [2.45, 2.75) is 24.2 Å². The number of esters is 1. The van der Waals surface area contributed by atoms with Gasteiger partial charge in [-0.25, -0.2) is 13.2 Å². The maximum atomic E-state index is 13.5. The van der Waals surface area contributed by atoms with Crippen molar-refractivity contribution in [3.8, 4) is 5.75 Å². The van der Waals surface area contributed by atoms with Crippen molar-refractivity contribution < 1.29 is 27.5 Å². The molecule has 4 rings (SSSR count). The molecule has 1 fully saturated rings. The Morgan fingerprint density at radius 1 is 0.938 bits per heavy atom. The topological polar surface area (TPSA) is 94.9 Å². The quantitative estimate of drug-likeness (QED) is 0.547. The first-order valence-electron chi connectivity index (χ1n) is 10.3. The van der Waals surface area contributed by atoms with Gasteiger partial charge in [-0.1, -0.05) is 24.6 Å². The molecule has 1 aliphatic rings. The number of nitrogens with zero attached hydrogens (tertiary/aromatic N) is 2. The lowest BCUT2D eigenvalue weighted by molar-refractivity contribution is 0.0603. The van der Waals surface area contributed by atoms with Crippen LogP contribution in [0.5, 0.6) is 5.75 Å². The first kappa shape index (κ1) is 22.0. The van der Waals surface area contributed by atoms with Gasteiger partial charge in [-0.05, 0) is 37.1 Å². The van der Waals surface area contributed by atoms with E-state index in [2.05, 4.69) is 0 Å². The molecule has 9 heteroatoms. The molecule has 32 heavy (non-hydrogen) atoms. The van der Waals surface area contributed by atoms with Gasteiger partial charge in [0.15, 0.2) is 0 Å². The van der Waals surface area contributed by atoms with Crippen LogP contribution < -0.4 is 4.74 Å². The maximum absolute atomic E-state index is 13.5. The summed E-state index contributed by atoms with van der Waals surface area (Å²) in [5.74, 6) is -0.838. The molecule has 0 radical (unpaired) electrons. The lowest BCUT2D eigenvalue weighted by Gasteiger charge is -2.26. The number of fused-ring (bicyclic) bond motifs is 1. The zero-order valence-electron chi connectivity index (χ0n) is 17.9. The minimum atomic E-state index is -3.74. The molecule has 2 aromatic carbocycles. The summed E-state index contributed by atoms with van der Waals surface area (Å²) >= 11 is 0. The molecule has 0 saturated carbocycles.